The third-order valence-electron chi connectivity index (χ3n) is 3.24. The van der Waals surface area contributed by atoms with Gasteiger partial charge in [-0.1, -0.05) is 0 Å². The van der Waals surface area contributed by atoms with Crippen LogP contribution in [0.15, 0.2) is 18.5 Å². The maximum atomic E-state index is 13.0. The van der Waals surface area contributed by atoms with Crippen molar-refractivity contribution in [2.75, 3.05) is 24.5 Å². The molecule has 1 aliphatic heterocycles. The first kappa shape index (κ1) is 14.1. The SMILES string of the molecule is CC1(C)CN(c2ccncc2C(F)(F)F)CCCN1. The van der Waals surface area contributed by atoms with Crippen LogP contribution in [0.3, 0.4) is 0 Å². The van der Waals surface area contributed by atoms with Crippen molar-refractivity contribution in [3.8, 4) is 0 Å². The van der Waals surface area contributed by atoms with Crippen LogP contribution in [0.2, 0.25) is 0 Å². The number of hydrogen-bond acceptors (Lipinski definition) is 3. The fourth-order valence-corrected chi connectivity index (χ4v) is 2.40. The van der Waals surface area contributed by atoms with E-state index >= 15 is 0 Å². The van der Waals surface area contributed by atoms with Crippen molar-refractivity contribution >= 4 is 5.69 Å². The standard InChI is InChI=1S/C13H18F3N3/c1-12(2)9-19(7-3-5-18-12)11-4-6-17-8-10(11)13(14,15)16/h4,6,8,18H,3,5,7,9H2,1-2H3. The van der Waals surface area contributed by atoms with Gasteiger partial charge in [0.25, 0.3) is 0 Å². The van der Waals surface area contributed by atoms with Crippen LogP contribution in [0.25, 0.3) is 0 Å². The van der Waals surface area contributed by atoms with Gasteiger partial charge in [0.05, 0.1) is 11.3 Å². The average Bonchev–Trinajstić information content (AvgIpc) is 2.49. The van der Waals surface area contributed by atoms with Crippen LogP contribution in [0.4, 0.5) is 18.9 Å². The number of halogens is 3. The highest BCUT2D eigenvalue weighted by atomic mass is 19.4. The van der Waals surface area contributed by atoms with Gasteiger partial charge >= 0.3 is 6.18 Å². The monoisotopic (exact) mass is 273 g/mol. The van der Waals surface area contributed by atoms with E-state index in [1.165, 1.54) is 12.3 Å². The molecule has 0 unspecified atom stereocenters. The second-order valence-electron chi connectivity index (χ2n) is 5.48. The molecule has 0 atom stereocenters. The summed E-state index contributed by atoms with van der Waals surface area (Å²) < 4.78 is 39.0. The Morgan fingerprint density at radius 3 is 2.79 bits per heavy atom. The summed E-state index contributed by atoms with van der Waals surface area (Å²) in [7, 11) is 0. The van der Waals surface area contributed by atoms with Crippen LogP contribution >= 0.6 is 0 Å². The van der Waals surface area contributed by atoms with E-state index in [4.69, 9.17) is 0 Å². The van der Waals surface area contributed by atoms with E-state index in [9.17, 15) is 13.2 Å². The first-order chi connectivity index (χ1) is 8.80. The van der Waals surface area contributed by atoms with Crippen LogP contribution in [0.5, 0.6) is 0 Å². The second-order valence-corrected chi connectivity index (χ2v) is 5.48. The summed E-state index contributed by atoms with van der Waals surface area (Å²) >= 11 is 0. The van der Waals surface area contributed by atoms with Gasteiger partial charge in [-0.2, -0.15) is 13.2 Å². The lowest BCUT2D eigenvalue weighted by Gasteiger charge is -2.32. The van der Waals surface area contributed by atoms with Gasteiger partial charge in [-0.05, 0) is 32.9 Å². The van der Waals surface area contributed by atoms with E-state index in [0.717, 1.165) is 19.2 Å². The summed E-state index contributed by atoms with van der Waals surface area (Å²) in [6.45, 7) is 5.97. The molecule has 1 saturated heterocycles. The third-order valence-corrected chi connectivity index (χ3v) is 3.24. The van der Waals surface area contributed by atoms with E-state index < -0.39 is 11.7 Å². The summed E-state index contributed by atoms with van der Waals surface area (Å²) in [5.74, 6) is 0. The fraction of sp³-hybridized carbons (Fsp3) is 0.615. The predicted molar refractivity (Wildman–Crippen MR) is 68.2 cm³/mol. The Morgan fingerprint density at radius 2 is 2.11 bits per heavy atom. The largest absolute Gasteiger partial charge is 0.419 e. The maximum Gasteiger partial charge on any atom is 0.419 e. The molecule has 2 rings (SSSR count). The Balaban J connectivity index is 2.35. The number of hydrogen-bond donors (Lipinski definition) is 1. The molecule has 0 saturated carbocycles. The normalized spacial score (nSPS) is 20.2. The Kier molecular flexibility index (Phi) is 3.71. The lowest BCUT2D eigenvalue weighted by molar-refractivity contribution is -0.137. The van der Waals surface area contributed by atoms with Crippen molar-refractivity contribution in [2.45, 2.75) is 32.0 Å². The zero-order valence-corrected chi connectivity index (χ0v) is 11.1. The van der Waals surface area contributed by atoms with Gasteiger partial charge in [0, 0.05) is 31.0 Å². The molecular formula is C13H18F3N3. The molecule has 0 amide bonds. The topological polar surface area (TPSA) is 28.2 Å². The molecule has 106 valence electrons. The van der Waals surface area contributed by atoms with Crippen LogP contribution in [0, 0.1) is 0 Å². The van der Waals surface area contributed by atoms with Crippen LogP contribution in [-0.2, 0) is 6.18 Å². The van der Waals surface area contributed by atoms with Crippen molar-refractivity contribution in [1.29, 1.82) is 0 Å². The highest BCUT2D eigenvalue weighted by Gasteiger charge is 2.36. The zero-order chi connectivity index (χ0) is 14.1. The molecule has 1 aromatic heterocycles. The van der Waals surface area contributed by atoms with Gasteiger partial charge in [0.15, 0.2) is 0 Å². The van der Waals surface area contributed by atoms with Crippen molar-refractivity contribution in [1.82, 2.24) is 10.3 Å². The van der Waals surface area contributed by atoms with Crippen LogP contribution in [0.1, 0.15) is 25.8 Å². The molecule has 0 bridgehead atoms. The lowest BCUT2D eigenvalue weighted by Crippen LogP contribution is -2.46. The smallest absolute Gasteiger partial charge is 0.369 e. The van der Waals surface area contributed by atoms with E-state index in [-0.39, 0.29) is 11.2 Å². The number of nitrogens with zero attached hydrogens (tertiary/aromatic N) is 2. The third kappa shape index (κ3) is 3.37. The molecule has 0 radical (unpaired) electrons. The maximum absolute atomic E-state index is 13.0. The Labute approximate surface area is 110 Å². The molecule has 19 heavy (non-hydrogen) atoms. The number of pyridine rings is 1. The van der Waals surface area contributed by atoms with E-state index in [1.807, 2.05) is 13.8 Å². The molecule has 1 fully saturated rings. The number of aromatic nitrogens is 1. The highest BCUT2D eigenvalue weighted by Crippen LogP contribution is 2.36. The van der Waals surface area contributed by atoms with Gasteiger partial charge in [-0.15, -0.1) is 0 Å². The highest BCUT2D eigenvalue weighted by molar-refractivity contribution is 5.54. The van der Waals surface area contributed by atoms with Crippen LogP contribution in [-0.4, -0.2) is 30.2 Å². The molecule has 1 aliphatic rings. The molecule has 1 N–H and O–H groups in total. The lowest BCUT2D eigenvalue weighted by atomic mass is 10.0. The predicted octanol–water partition coefficient (Wildman–Crippen LogP) is 2.68. The molecule has 0 aliphatic carbocycles. The minimum absolute atomic E-state index is 0.206. The number of rotatable bonds is 1. The number of anilines is 1. The minimum Gasteiger partial charge on any atom is -0.369 e. The van der Waals surface area contributed by atoms with Crippen molar-refractivity contribution < 1.29 is 13.2 Å². The van der Waals surface area contributed by atoms with Gasteiger partial charge in [-0.3, -0.25) is 4.98 Å². The second kappa shape index (κ2) is 5.00. The Hall–Kier alpha value is -1.30. The van der Waals surface area contributed by atoms with E-state index in [1.54, 1.807) is 4.90 Å². The van der Waals surface area contributed by atoms with Crippen LogP contribution < -0.4 is 10.2 Å². The summed E-state index contributed by atoms with van der Waals surface area (Å²) in [5, 5.41) is 3.34. The summed E-state index contributed by atoms with van der Waals surface area (Å²) in [5.41, 5.74) is -0.644. The van der Waals surface area contributed by atoms with Crippen molar-refractivity contribution in [3.63, 3.8) is 0 Å². The number of nitrogens with one attached hydrogen (secondary N) is 1. The van der Waals surface area contributed by atoms with E-state index in [2.05, 4.69) is 10.3 Å². The van der Waals surface area contributed by atoms with Gasteiger partial charge < -0.3 is 10.2 Å². The average molecular weight is 273 g/mol. The molecule has 3 nitrogen and oxygen atoms in total. The fourth-order valence-electron chi connectivity index (χ4n) is 2.40. The minimum atomic E-state index is -4.37. The van der Waals surface area contributed by atoms with Gasteiger partial charge in [0.1, 0.15) is 0 Å². The molecule has 0 spiro atoms. The van der Waals surface area contributed by atoms with Crippen molar-refractivity contribution in [2.24, 2.45) is 0 Å². The first-order valence-corrected chi connectivity index (χ1v) is 6.31. The Morgan fingerprint density at radius 1 is 1.37 bits per heavy atom. The van der Waals surface area contributed by atoms with Crippen molar-refractivity contribution in [3.05, 3.63) is 24.0 Å². The van der Waals surface area contributed by atoms with E-state index in [0.29, 0.717) is 13.1 Å². The summed E-state index contributed by atoms with van der Waals surface area (Å²) in [4.78, 5) is 5.40. The number of alkyl halides is 3. The van der Waals surface area contributed by atoms with Gasteiger partial charge in [0.2, 0.25) is 0 Å². The molecule has 0 aromatic carbocycles. The van der Waals surface area contributed by atoms with Gasteiger partial charge in [-0.25, -0.2) is 0 Å². The Bertz CT molecular complexity index is 443. The molecule has 6 heteroatoms. The zero-order valence-electron chi connectivity index (χ0n) is 11.1. The quantitative estimate of drug-likeness (QED) is 0.852. The molecule has 1 aromatic rings. The first-order valence-electron chi connectivity index (χ1n) is 6.31. The molecule has 2 heterocycles. The molecular weight excluding hydrogens is 255 g/mol. The summed E-state index contributed by atoms with van der Waals surface area (Å²) in [6.07, 6.45) is -1.23. The summed E-state index contributed by atoms with van der Waals surface area (Å²) in [6, 6.07) is 1.45.